The number of hydrogen-bond acceptors (Lipinski definition) is 4. The number of rotatable bonds is 6. The summed E-state index contributed by atoms with van der Waals surface area (Å²) in [6.07, 6.45) is 0. The number of nitrogens with zero attached hydrogens (tertiary/aromatic N) is 2. The Kier molecular flexibility index (Phi) is 5.74. The van der Waals surface area contributed by atoms with Crippen LogP contribution >= 0.6 is 0 Å². The van der Waals surface area contributed by atoms with Gasteiger partial charge in [-0.3, -0.25) is 0 Å². The lowest BCUT2D eigenvalue weighted by Gasteiger charge is -2.21. The normalized spacial score (nSPS) is 12.9. The van der Waals surface area contributed by atoms with Crippen LogP contribution in [0.15, 0.2) is 0 Å². The Bertz CT molecular complexity index is 126. The monoisotopic (exact) mass is 206 g/mol. The largest absolute Gasteiger partial charge is 0.411 e. The van der Waals surface area contributed by atoms with Crippen LogP contribution in [0.5, 0.6) is 0 Å². The average molecular weight is 206 g/mol. The molecule has 0 aliphatic carbocycles. The lowest BCUT2D eigenvalue weighted by molar-refractivity contribution is 0.322. The standard InChI is InChI=1S/C8H22N2O2Si/c1-9(2)5-7-13(11,12)8-6-10(3)4/h11-12H,5-8H2,1-4H3. The van der Waals surface area contributed by atoms with Gasteiger partial charge in [-0.05, 0) is 41.3 Å². The molecule has 0 fully saturated rings. The van der Waals surface area contributed by atoms with E-state index in [9.17, 15) is 9.59 Å². The predicted octanol–water partition coefficient (Wildman–Crippen LogP) is -0.464. The molecule has 2 N–H and O–H groups in total. The Morgan fingerprint density at radius 1 is 0.846 bits per heavy atom. The summed E-state index contributed by atoms with van der Waals surface area (Å²) in [6, 6.07) is 1.07. The molecule has 0 aromatic rings. The third kappa shape index (κ3) is 8.39. The van der Waals surface area contributed by atoms with Crippen LogP contribution in [-0.4, -0.2) is 69.2 Å². The van der Waals surface area contributed by atoms with E-state index in [0.717, 1.165) is 13.1 Å². The van der Waals surface area contributed by atoms with Crippen LogP contribution in [0.1, 0.15) is 0 Å². The molecule has 0 saturated carbocycles. The molecule has 0 aromatic carbocycles. The molecule has 0 aliphatic heterocycles. The van der Waals surface area contributed by atoms with E-state index in [-0.39, 0.29) is 0 Å². The Morgan fingerprint density at radius 2 is 1.15 bits per heavy atom. The zero-order chi connectivity index (χ0) is 10.5. The summed E-state index contributed by atoms with van der Waals surface area (Å²) in [5, 5.41) is 0. The Balaban J connectivity index is 3.66. The first-order chi connectivity index (χ1) is 5.83. The van der Waals surface area contributed by atoms with Crippen molar-refractivity contribution in [2.75, 3.05) is 41.3 Å². The average Bonchev–Trinajstić information content (AvgIpc) is 1.98. The lowest BCUT2D eigenvalue weighted by Crippen LogP contribution is -2.40. The molecule has 0 atom stereocenters. The highest BCUT2D eigenvalue weighted by atomic mass is 28.4. The van der Waals surface area contributed by atoms with Gasteiger partial charge in [0.2, 0.25) is 0 Å². The van der Waals surface area contributed by atoms with Crippen molar-refractivity contribution in [3.63, 3.8) is 0 Å². The van der Waals surface area contributed by atoms with Crippen LogP contribution < -0.4 is 0 Å². The van der Waals surface area contributed by atoms with Crippen molar-refractivity contribution in [3.05, 3.63) is 0 Å². The molecule has 0 radical (unpaired) electrons. The summed E-state index contributed by atoms with van der Waals surface area (Å²) in [5.41, 5.74) is 0. The molecule has 0 spiro atoms. The maximum Gasteiger partial charge on any atom is 0.335 e. The van der Waals surface area contributed by atoms with Crippen LogP contribution in [0.2, 0.25) is 12.1 Å². The molecule has 0 bridgehead atoms. The minimum atomic E-state index is -2.91. The van der Waals surface area contributed by atoms with Crippen LogP contribution in [0.25, 0.3) is 0 Å². The van der Waals surface area contributed by atoms with Gasteiger partial charge in [-0.25, -0.2) is 0 Å². The fraction of sp³-hybridized carbons (Fsp3) is 1.00. The van der Waals surface area contributed by atoms with E-state index in [1.807, 2.05) is 38.0 Å². The Labute approximate surface area is 82.0 Å². The molecule has 0 unspecified atom stereocenters. The second kappa shape index (κ2) is 5.72. The van der Waals surface area contributed by atoms with Crippen molar-refractivity contribution in [3.8, 4) is 0 Å². The van der Waals surface area contributed by atoms with Gasteiger partial charge < -0.3 is 19.4 Å². The first-order valence-electron chi connectivity index (χ1n) is 4.58. The van der Waals surface area contributed by atoms with Gasteiger partial charge in [-0.15, -0.1) is 0 Å². The highest BCUT2D eigenvalue weighted by Gasteiger charge is 2.28. The van der Waals surface area contributed by atoms with Crippen molar-refractivity contribution < 1.29 is 9.59 Å². The van der Waals surface area contributed by atoms with Gasteiger partial charge >= 0.3 is 8.56 Å². The maximum absolute atomic E-state index is 9.65. The minimum absolute atomic E-state index is 0.536. The molecule has 0 saturated heterocycles. The fourth-order valence-electron chi connectivity index (χ4n) is 0.930. The Hall–Kier alpha value is 0.0569. The van der Waals surface area contributed by atoms with Crippen LogP contribution in [0.4, 0.5) is 0 Å². The van der Waals surface area contributed by atoms with Crippen molar-refractivity contribution >= 4 is 8.56 Å². The third-order valence-electron chi connectivity index (χ3n) is 1.92. The van der Waals surface area contributed by atoms with E-state index < -0.39 is 8.56 Å². The van der Waals surface area contributed by atoms with Crippen LogP contribution in [-0.2, 0) is 0 Å². The summed E-state index contributed by atoms with van der Waals surface area (Å²) >= 11 is 0. The number of hydrogen-bond donors (Lipinski definition) is 2. The fourth-order valence-corrected chi connectivity index (χ4v) is 2.79. The SMILES string of the molecule is CN(C)CC[Si](O)(O)CCN(C)C. The van der Waals surface area contributed by atoms with E-state index in [4.69, 9.17) is 0 Å². The topological polar surface area (TPSA) is 46.9 Å². The molecular formula is C8H22N2O2Si. The molecule has 0 heterocycles. The molecule has 0 aliphatic rings. The summed E-state index contributed by atoms with van der Waals surface area (Å²) < 4.78 is 0. The van der Waals surface area contributed by atoms with Gasteiger partial charge in [0.15, 0.2) is 0 Å². The van der Waals surface area contributed by atoms with E-state index in [2.05, 4.69) is 0 Å². The summed E-state index contributed by atoms with van der Waals surface area (Å²) in [4.78, 5) is 23.3. The minimum Gasteiger partial charge on any atom is -0.411 e. The molecular weight excluding hydrogens is 184 g/mol. The van der Waals surface area contributed by atoms with Gasteiger partial charge in [0.25, 0.3) is 0 Å². The van der Waals surface area contributed by atoms with E-state index in [1.54, 1.807) is 0 Å². The van der Waals surface area contributed by atoms with Crippen LogP contribution in [0.3, 0.4) is 0 Å². The van der Waals surface area contributed by atoms with Crippen molar-refractivity contribution in [2.24, 2.45) is 0 Å². The first kappa shape index (κ1) is 13.1. The highest BCUT2D eigenvalue weighted by molar-refractivity contribution is 6.64. The van der Waals surface area contributed by atoms with E-state index >= 15 is 0 Å². The van der Waals surface area contributed by atoms with Gasteiger partial charge in [0.05, 0.1) is 0 Å². The van der Waals surface area contributed by atoms with E-state index in [1.165, 1.54) is 0 Å². The zero-order valence-corrected chi connectivity index (χ0v) is 10.1. The van der Waals surface area contributed by atoms with Crippen LogP contribution in [0, 0.1) is 0 Å². The molecule has 13 heavy (non-hydrogen) atoms. The van der Waals surface area contributed by atoms with Gasteiger partial charge in [0.1, 0.15) is 0 Å². The predicted molar refractivity (Wildman–Crippen MR) is 56.9 cm³/mol. The second-order valence-electron chi connectivity index (χ2n) is 4.09. The molecule has 5 heteroatoms. The van der Waals surface area contributed by atoms with Crippen molar-refractivity contribution in [1.29, 1.82) is 0 Å². The molecule has 0 aromatic heterocycles. The highest BCUT2D eigenvalue weighted by Crippen LogP contribution is 2.08. The molecule has 80 valence electrons. The van der Waals surface area contributed by atoms with E-state index in [0.29, 0.717) is 12.1 Å². The van der Waals surface area contributed by atoms with Gasteiger partial charge in [-0.2, -0.15) is 0 Å². The summed E-state index contributed by atoms with van der Waals surface area (Å²) in [6.45, 7) is 1.51. The third-order valence-corrected chi connectivity index (χ3v) is 3.97. The lowest BCUT2D eigenvalue weighted by atomic mass is 10.7. The Morgan fingerprint density at radius 3 is 1.38 bits per heavy atom. The zero-order valence-electron chi connectivity index (χ0n) is 9.12. The maximum atomic E-state index is 9.65. The first-order valence-corrected chi connectivity index (χ1v) is 6.88. The smallest absolute Gasteiger partial charge is 0.335 e. The summed E-state index contributed by atoms with van der Waals surface area (Å²) in [7, 11) is 4.85. The molecule has 0 rings (SSSR count). The second-order valence-corrected chi connectivity index (χ2v) is 7.05. The van der Waals surface area contributed by atoms with Crippen molar-refractivity contribution in [2.45, 2.75) is 12.1 Å². The summed E-state index contributed by atoms with van der Waals surface area (Å²) in [5.74, 6) is 0. The molecule has 4 nitrogen and oxygen atoms in total. The van der Waals surface area contributed by atoms with Gasteiger partial charge in [0, 0.05) is 12.1 Å². The van der Waals surface area contributed by atoms with Crippen molar-refractivity contribution in [1.82, 2.24) is 9.80 Å². The quantitative estimate of drug-likeness (QED) is 0.577. The van der Waals surface area contributed by atoms with Gasteiger partial charge in [-0.1, -0.05) is 0 Å². The molecule has 0 amide bonds.